The first-order valence-corrected chi connectivity index (χ1v) is 32.5. The van der Waals surface area contributed by atoms with E-state index < -0.39 is 25.9 Å². The molecule has 0 spiro atoms. The first kappa shape index (κ1) is 38.0. The number of allylic oxidation sites excluding steroid dienone is 2. The quantitative estimate of drug-likeness (QED) is 0.127. The summed E-state index contributed by atoms with van der Waals surface area (Å²) >= 11 is -5.52. The number of hydrogen-bond acceptors (Lipinski definition) is 0. The summed E-state index contributed by atoms with van der Waals surface area (Å²) in [4.78, 5) is 0. The van der Waals surface area contributed by atoms with Crippen LogP contribution in [0.15, 0.2) is 126 Å². The van der Waals surface area contributed by atoms with Gasteiger partial charge in [0.25, 0.3) is 0 Å². The van der Waals surface area contributed by atoms with Gasteiger partial charge in [-0.25, -0.2) is 0 Å². The summed E-state index contributed by atoms with van der Waals surface area (Å²) in [5.74, 6) is 0. The van der Waals surface area contributed by atoms with Crippen molar-refractivity contribution in [1.29, 1.82) is 0 Å². The molecule has 2 aliphatic carbocycles. The first-order valence-electron chi connectivity index (χ1n) is 20.6. The molecule has 281 valence electrons. The molecule has 1 aliphatic heterocycles. The number of benzene rings is 6. The summed E-state index contributed by atoms with van der Waals surface area (Å²) in [6.07, 6.45) is 9.20. The van der Waals surface area contributed by atoms with E-state index in [1.807, 2.05) is 0 Å². The Hall–Kier alpha value is -3.52. The summed E-state index contributed by atoms with van der Waals surface area (Å²) in [5, 5.41) is 2.96. The van der Waals surface area contributed by atoms with Gasteiger partial charge in [0.05, 0.1) is 0 Å². The monoisotopic (exact) mass is 863 g/mol. The molecule has 9 rings (SSSR count). The van der Waals surface area contributed by atoms with Crippen molar-refractivity contribution in [2.75, 3.05) is 0 Å². The third-order valence-electron chi connectivity index (χ3n) is 13.3. The van der Waals surface area contributed by atoms with Gasteiger partial charge in [-0.05, 0) is 0 Å². The van der Waals surface area contributed by atoms with Gasteiger partial charge in [-0.15, -0.1) is 0 Å². The Morgan fingerprint density at radius 2 is 0.982 bits per heavy atom. The molecule has 4 heteroatoms. The number of hydrogen-bond donors (Lipinski definition) is 0. The molecule has 3 aliphatic rings. The Kier molecular flexibility index (Phi) is 9.77. The van der Waals surface area contributed by atoms with E-state index in [2.05, 4.69) is 169 Å². The topological polar surface area (TPSA) is 0 Å². The summed E-state index contributed by atoms with van der Waals surface area (Å²) < 4.78 is 1.11. The second-order valence-corrected chi connectivity index (χ2v) is 39.2. The van der Waals surface area contributed by atoms with Crippen molar-refractivity contribution >= 4 is 52.3 Å². The molecular formula is C52H51Cl2SiZr. The molecule has 0 fully saturated rings. The van der Waals surface area contributed by atoms with Crippen molar-refractivity contribution < 1.29 is 16.4 Å². The summed E-state index contributed by atoms with van der Waals surface area (Å²) in [6, 6.07) is 43.5. The fourth-order valence-corrected chi connectivity index (χ4v) is 39.9. The fraction of sp³-hybridized carbons (Fsp3) is 0.231. The van der Waals surface area contributed by atoms with Crippen molar-refractivity contribution in [3.63, 3.8) is 0 Å². The van der Waals surface area contributed by atoms with Crippen molar-refractivity contribution in [3.8, 4) is 33.4 Å². The Morgan fingerprint density at radius 1 is 0.518 bits per heavy atom. The molecule has 0 nitrogen and oxygen atoms in total. The molecule has 0 N–H and O–H groups in total. The van der Waals surface area contributed by atoms with Crippen molar-refractivity contribution in [1.82, 2.24) is 0 Å². The van der Waals surface area contributed by atoms with Crippen molar-refractivity contribution in [2.45, 2.75) is 74.5 Å². The molecule has 0 amide bonds. The Labute approximate surface area is 344 Å². The molecule has 0 aromatic heterocycles. The van der Waals surface area contributed by atoms with Gasteiger partial charge < -0.3 is 0 Å². The van der Waals surface area contributed by atoms with E-state index in [1.165, 1.54) is 103 Å². The zero-order chi connectivity index (χ0) is 39.0. The van der Waals surface area contributed by atoms with Gasteiger partial charge in [0.15, 0.2) is 0 Å². The molecule has 0 bridgehead atoms. The predicted molar refractivity (Wildman–Crippen MR) is 245 cm³/mol. The number of fused-ring (bicyclic) bond motifs is 5. The molecule has 0 radical (unpaired) electrons. The van der Waals surface area contributed by atoms with E-state index in [0.29, 0.717) is 0 Å². The minimum absolute atomic E-state index is 0.0889. The molecule has 0 saturated heterocycles. The average Bonchev–Trinajstić information content (AvgIpc) is 3.86. The molecule has 2 unspecified atom stereocenters. The zero-order valence-corrected chi connectivity index (χ0v) is 39.0. The summed E-state index contributed by atoms with van der Waals surface area (Å²) in [7, 11) is 17.5. The molecule has 6 aromatic rings. The summed E-state index contributed by atoms with van der Waals surface area (Å²) in [6.45, 7) is 13.7. The minimum atomic E-state index is -5.52. The summed E-state index contributed by atoms with van der Waals surface area (Å²) in [5.41, 5.74) is 21.4. The average molecular weight is 866 g/mol. The molecule has 6 aromatic carbocycles. The van der Waals surface area contributed by atoms with Crippen LogP contribution in [0.2, 0.25) is 0 Å². The van der Waals surface area contributed by atoms with Crippen molar-refractivity contribution in [3.05, 3.63) is 171 Å². The van der Waals surface area contributed by atoms with Crippen LogP contribution in [-0.4, -0.2) is 9.52 Å². The third kappa shape index (κ3) is 5.68. The Bertz CT molecular complexity index is 2510. The second kappa shape index (κ2) is 14.4. The van der Waals surface area contributed by atoms with Gasteiger partial charge in [-0.3, -0.25) is 0 Å². The van der Waals surface area contributed by atoms with Gasteiger partial charge in [0.1, 0.15) is 0 Å². The van der Waals surface area contributed by atoms with Crippen molar-refractivity contribution in [2.24, 2.45) is 0 Å². The van der Waals surface area contributed by atoms with Gasteiger partial charge in [-0.2, -0.15) is 0 Å². The van der Waals surface area contributed by atoms with E-state index in [0.717, 1.165) is 25.7 Å². The van der Waals surface area contributed by atoms with E-state index in [1.54, 1.807) is 0 Å². The van der Waals surface area contributed by atoms with Crippen LogP contribution in [0.5, 0.6) is 0 Å². The number of rotatable bonds is 9. The SMILES string of the molecule is CCCc1ccc2c(c1-c1ccccc1C)C=C(C)[CH]2[Zr]([Cl])([Cl])([c]1cccc2c1[SiH2]c1ccccc1-2)[CH]1C(C)=Cc2c1ccc(CCC)c2-c1ccccc1C. The molecule has 1 heterocycles. The maximum absolute atomic E-state index is 9.18. The van der Waals surface area contributed by atoms with Crippen LogP contribution >= 0.6 is 17.0 Å². The van der Waals surface area contributed by atoms with Gasteiger partial charge in [0.2, 0.25) is 0 Å². The van der Waals surface area contributed by atoms with E-state index >= 15 is 0 Å². The standard InChI is InChI=1S/2C20H21.C12H9Si.2ClH.Zr/c2*1-4-7-16-10-11-17-12-14(2)13-19(17)20(16)18-9-6-5-8-15(18)3;1-3-7-11-9(5-1)10-6-2-4-8-12(10)13-11;;;/h2*5-6,8-13H,4,7H2,1-3H3;1-7H,13H2;2*1H;/q;;;;;+2/p-2. The van der Waals surface area contributed by atoms with Crippen LogP contribution in [-0.2, 0) is 29.2 Å². The molecule has 2 atom stereocenters. The van der Waals surface area contributed by atoms with Crippen LogP contribution in [0.1, 0.15) is 92.3 Å². The zero-order valence-electron chi connectivity index (χ0n) is 33.6. The second-order valence-electron chi connectivity index (χ2n) is 16.8. The Balaban J connectivity index is 1.36. The number of halogens is 2. The van der Waals surface area contributed by atoms with Crippen LogP contribution in [0, 0.1) is 13.8 Å². The molecule has 0 saturated carbocycles. The van der Waals surface area contributed by atoms with Crippen LogP contribution < -0.4 is 13.6 Å². The van der Waals surface area contributed by atoms with Gasteiger partial charge in [-0.1, -0.05) is 0 Å². The number of aryl methyl sites for hydroxylation is 4. The van der Waals surface area contributed by atoms with E-state index in [4.69, 9.17) is 0 Å². The van der Waals surface area contributed by atoms with Crippen LogP contribution in [0.25, 0.3) is 45.5 Å². The first-order chi connectivity index (χ1) is 27.1. The van der Waals surface area contributed by atoms with E-state index in [9.17, 15) is 17.0 Å². The van der Waals surface area contributed by atoms with Gasteiger partial charge in [0, 0.05) is 0 Å². The Morgan fingerprint density at radius 3 is 1.48 bits per heavy atom. The third-order valence-corrected chi connectivity index (χ3v) is 36.5. The fourth-order valence-electron chi connectivity index (χ4n) is 11.1. The van der Waals surface area contributed by atoms with Crippen LogP contribution in [0.4, 0.5) is 0 Å². The predicted octanol–water partition coefficient (Wildman–Crippen LogP) is 12.6. The van der Waals surface area contributed by atoms with E-state index in [-0.39, 0.29) is 7.25 Å². The normalized spacial score (nSPS) is 17.8. The van der Waals surface area contributed by atoms with Gasteiger partial charge >= 0.3 is 348 Å². The molecule has 56 heavy (non-hydrogen) atoms. The maximum atomic E-state index is 9.18. The molecular weight excluding hydrogens is 815 g/mol. The van der Waals surface area contributed by atoms with Crippen LogP contribution in [0.3, 0.4) is 0 Å².